The number of anilines is 3. The van der Waals surface area contributed by atoms with Crippen LogP contribution in [0.3, 0.4) is 0 Å². The maximum Gasteiger partial charge on any atom is 0.323 e. The van der Waals surface area contributed by atoms with Crippen LogP contribution in [0.15, 0.2) is 22.7 Å². The first-order valence-corrected chi connectivity index (χ1v) is 7.08. The number of ether oxygens (including phenoxy) is 1. The molecule has 0 unspecified atom stereocenters. The van der Waals surface area contributed by atoms with Crippen LogP contribution in [0.4, 0.5) is 17.6 Å². The third-order valence-corrected chi connectivity index (χ3v) is 3.10. The third kappa shape index (κ3) is 3.71. The lowest BCUT2D eigenvalue weighted by Gasteiger charge is -2.09. The molecule has 0 bridgehead atoms. The van der Waals surface area contributed by atoms with Gasteiger partial charge in [-0.2, -0.15) is 15.0 Å². The van der Waals surface area contributed by atoms with Crippen LogP contribution in [0.5, 0.6) is 6.01 Å². The van der Waals surface area contributed by atoms with Gasteiger partial charge in [-0.25, -0.2) is 0 Å². The average Bonchev–Trinajstić information content (AvgIpc) is 2.42. The summed E-state index contributed by atoms with van der Waals surface area (Å²) in [6, 6.07) is 5.74. The Hall–Kier alpha value is -1.60. The Balaban J connectivity index is 2.29. The van der Waals surface area contributed by atoms with E-state index in [-0.39, 0.29) is 6.01 Å². The molecule has 1 aromatic carbocycles. The fourth-order valence-electron chi connectivity index (χ4n) is 1.43. The van der Waals surface area contributed by atoms with Crippen molar-refractivity contribution in [1.82, 2.24) is 15.0 Å². The minimum Gasteiger partial charge on any atom is -0.464 e. The Bertz CT molecular complexity index is 610. The van der Waals surface area contributed by atoms with Crippen molar-refractivity contribution >= 4 is 45.1 Å². The van der Waals surface area contributed by atoms with Crippen molar-refractivity contribution in [2.75, 3.05) is 24.3 Å². The largest absolute Gasteiger partial charge is 0.464 e. The van der Waals surface area contributed by atoms with Gasteiger partial charge in [-0.1, -0.05) is 27.5 Å². The zero-order chi connectivity index (χ0) is 14.5. The predicted octanol–water partition coefficient (Wildman–Crippen LogP) is 3.47. The summed E-state index contributed by atoms with van der Waals surface area (Å²) in [6.07, 6.45) is 0. The summed E-state index contributed by atoms with van der Waals surface area (Å²) in [5.41, 5.74) is 0.700. The Kier molecular flexibility index (Phi) is 4.97. The van der Waals surface area contributed by atoms with Crippen LogP contribution >= 0.6 is 27.5 Å². The molecule has 0 aliphatic heterocycles. The van der Waals surface area contributed by atoms with Gasteiger partial charge in [0.15, 0.2) is 0 Å². The van der Waals surface area contributed by atoms with Gasteiger partial charge in [0.05, 0.1) is 17.3 Å². The number of halogens is 2. The van der Waals surface area contributed by atoms with Crippen molar-refractivity contribution in [2.24, 2.45) is 0 Å². The lowest BCUT2D eigenvalue weighted by Crippen LogP contribution is -2.07. The molecule has 106 valence electrons. The van der Waals surface area contributed by atoms with E-state index in [2.05, 4.69) is 41.5 Å². The van der Waals surface area contributed by atoms with Crippen LogP contribution in [-0.4, -0.2) is 28.6 Å². The normalized spacial score (nSPS) is 10.2. The van der Waals surface area contributed by atoms with Gasteiger partial charge in [0.25, 0.3) is 0 Å². The smallest absolute Gasteiger partial charge is 0.323 e. The Labute approximate surface area is 130 Å². The van der Waals surface area contributed by atoms with E-state index in [1.165, 1.54) is 0 Å². The number of nitrogens with zero attached hydrogens (tertiary/aromatic N) is 3. The van der Waals surface area contributed by atoms with Crippen molar-refractivity contribution in [2.45, 2.75) is 6.92 Å². The van der Waals surface area contributed by atoms with E-state index in [1.807, 2.05) is 19.1 Å². The van der Waals surface area contributed by atoms with Crippen LogP contribution in [-0.2, 0) is 0 Å². The summed E-state index contributed by atoms with van der Waals surface area (Å²) in [5, 5.41) is 6.45. The Morgan fingerprint density at radius 3 is 2.65 bits per heavy atom. The molecule has 6 nitrogen and oxygen atoms in total. The Morgan fingerprint density at radius 1 is 1.25 bits per heavy atom. The highest BCUT2D eigenvalue weighted by molar-refractivity contribution is 9.10. The molecular formula is C12H13BrClN5O. The lowest BCUT2D eigenvalue weighted by atomic mass is 10.3. The maximum atomic E-state index is 6.14. The number of rotatable bonds is 5. The van der Waals surface area contributed by atoms with E-state index >= 15 is 0 Å². The highest BCUT2D eigenvalue weighted by Gasteiger charge is 2.08. The number of nitrogens with one attached hydrogen (secondary N) is 2. The van der Waals surface area contributed by atoms with E-state index < -0.39 is 0 Å². The molecule has 0 saturated carbocycles. The SMILES string of the molecule is CCOc1nc(NC)nc(Nc2ccc(Br)cc2Cl)n1. The summed E-state index contributed by atoms with van der Waals surface area (Å²) in [6.45, 7) is 2.34. The summed E-state index contributed by atoms with van der Waals surface area (Å²) >= 11 is 9.50. The lowest BCUT2D eigenvalue weighted by molar-refractivity contribution is 0.312. The molecule has 0 radical (unpaired) electrons. The van der Waals surface area contributed by atoms with Crippen LogP contribution in [0.25, 0.3) is 0 Å². The molecule has 2 rings (SSSR count). The quantitative estimate of drug-likeness (QED) is 0.852. The molecular weight excluding hydrogens is 346 g/mol. The zero-order valence-electron chi connectivity index (χ0n) is 10.9. The minimum absolute atomic E-state index is 0.252. The maximum absolute atomic E-state index is 6.14. The van der Waals surface area contributed by atoms with E-state index in [0.29, 0.717) is 29.2 Å². The van der Waals surface area contributed by atoms with E-state index in [0.717, 1.165) is 4.47 Å². The fourth-order valence-corrected chi connectivity index (χ4v) is 2.15. The molecule has 2 N–H and O–H groups in total. The van der Waals surface area contributed by atoms with E-state index in [4.69, 9.17) is 16.3 Å². The molecule has 2 aromatic rings. The summed E-state index contributed by atoms with van der Waals surface area (Å²) in [5.74, 6) is 0.774. The average molecular weight is 359 g/mol. The van der Waals surface area contributed by atoms with Gasteiger partial charge >= 0.3 is 6.01 Å². The third-order valence-electron chi connectivity index (χ3n) is 2.29. The molecule has 0 atom stereocenters. The van der Waals surface area contributed by atoms with Gasteiger partial charge in [0, 0.05) is 11.5 Å². The monoisotopic (exact) mass is 357 g/mol. The topological polar surface area (TPSA) is 72.0 Å². The second-order valence-electron chi connectivity index (χ2n) is 3.70. The molecule has 0 aliphatic carbocycles. The van der Waals surface area contributed by atoms with Crippen molar-refractivity contribution in [3.05, 3.63) is 27.7 Å². The van der Waals surface area contributed by atoms with Gasteiger partial charge in [0.2, 0.25) is 11.9 Å². The van der Waals surface area contributed by atoms with E-state index in [1.54, 1.807) is 13.1 Å². The second-order valence-corrected chi connectivity index (χ2v) is 5.02. The molecule has 0 spiro atoms. The highest BCUT2D eigenvalue weighted by atomic mass is 79.9. The standard InChI is InChI=1S/C12H13BrClN5O/c1-3-20-12-18-10(15-2)17-11(19-12)16-9-5-4-7(13)6-8(9)14/h4-6H,3H2,1-2H3,(H2,15,16,17,18,19). The minimum atomic E-state index is 0.252. The molecule has 1 heterocycles. The first-order chi connectivity index (χ1) is 9.62. The highest BCUT2D eigenvalue weighted by Crippen LogP contribution is 2.27. The molecule has 1 aromatic heterocycles. The summed E-state index contributed by atoms with van der Waals surface area (Å²) in [7, 11) is 1.72. The van der Waals surface area contributed by atoms with Gasteiger partial charge in [-0.15, -0.1) is 0 Å². The molecule has 0 saturated heterocycles. The molecule has 20 heavy (non-hydrogen) atoms. The van der Waals surface area contributed by atoms with Crippen LogP contribution < -0.4 is 15.4 Å². The number of hydrogen-bond acceptors (Lipinski definition) is 6. The van der Waals surface area contributed by atoms with Crippen LogP contribution in [0.2, 0.25) is 5.02 Å². The zero-order valence-corrected chi connectivity index (χ0v) is 13.3. The predicted molar refractivity (Wildman–Crippen MR) is 83.0 cm³/mol. The van der Waals surface area contributed by atoms with Gasteiger partial charge in [-0.05, 0) is 25.1 Å². The molecule has 0 amide bonds. The number of hydrogen-bond donors (Lipinski definition) is 2. The van der Waals surface area contributed by atoms with Gasteiger partial charge in [-0.3, -0.25) is 0 Å². The van der Waals surface area contributed by atoms with Crippen LogP contribution in [0, 0.1) is 0 Å². The molecule has 0 fully saturated rings. The number of benzene rings is 1. The van der Waals surface area contributed by atoms with Crippen LogP contribution in [0.1, 0.15) is 6.92 Å². The Morgan fingerprint density at radius 2 is 2.00 bits per heavy atom. The van der Waals surface area contributed by atoms with Crippen molar-refractivity contribution < 1.29 is 4.74 Å². The molecule has 8 heteroatoms. The second kappa shape index (κ2) is 6.71. The molecule has 0 aliphatic rings. The first-order valence-electron chi connectivity index (χ1n) is 5.91. The van der Waals surface area contributed by atoms with Crippen molar-refractivity contribution in [3.63, 3.8) is 0 Å². The number of aromatic nitrogens is 3. The van der Waals surface area contributed by atoms with Gasteiger partial charge in [0.1, 0.15) is 0 Å². The summed E-state index contributed by atoms with van der Waals surface area (Å²) < 4.78 is 6.19. The van der Waals surface area contributed by atoms with Crippen molar-refractivity contribution in [1.29, 1.82) is 0 Å². The van der Waals surface area contributed by atoms with Gasteiger partial charge < -0.3 is 15.4 Å². The summed E-state index contributed by atoms with van der Waals surface area (Å²) in [4.78, 5) is 12.4. The van der Waals surface area contributed by atoms with E-state index in [9.17, 15) is 0 Å². The first kappa shape index (κ1) is 14.8. The fraction of sp³-hybridized carbons (Fsp3) is 0.250. The van der Waals surface area contributed by atoms with Crippen molar-refractivity contribution in [3.8, 4) is 6.01 Å².